The Morgan fingerprint density at radius 1 is 1.38 bits per heavy atom. The van der Waals surface area contributed by atoms with Crippen molar-refractivity contribution in [2.45, 2.75) is 19.8 Å². The molecule has 2 aromatic rings. The molecule has 0 spiro atoms. The molecule has 0 aliphatic heterocycles. The number of aromatic nitrogens is 2. The summed E-state index contributed by atoms with van der Waals surface area (Å²) in [5.74, 6) is 0. The van der Waals surface area contributed by atoms with Crippen LogP contribution in [0.1, 0.15) is 17.5 Å². The number of nitrogens with zero attached hydrogens (tertiary/aromatic N) is 1. The third-order valence-corrected chi connectivity index (χ3v) is 2.67. The summed E-state index contributed by atoms with van der Waals surface area (Å²) in [7, 11) is 0. The summed E-state index contributed by atoms with van der Waals surface area (Å²) in [5, 5.41) is 7.18. The van der Waals surface area contributed by atoms with Gasteiger partial charge in [0.1, 0.15) is 0 Å². The Morgan fingerprint density at radius 2 is 2.25 bits per heavy atom. The van der Waals surface area contributed by atoms with Crippen LogP contribution < -0.4 is 5.73 Å². The van der Waals surface area contributed by atoms with Gasteiger partial charge in [-0.05, 0) is 37.9 Å². The molecule has 0 fully saturated rings. The van der Waals surface area contributed by atoms with Crippen LogP contribution in [0.5, 0.6) is 0 Å². The predicted octanol–water partition coefficient (Wildman–Crippen LogP) is 2.28. The van der Waals surface area contributed by atoms with E-state index in [4.69, 9.17) is 5.73 Å². The zero-order valence-corrected chi connectivity index (χ0v) is 9.53. The van der Waals surface area contributed by atoms with Crippen molar-refractivity contribution in [3.8, 4) is 11.3 Å². The van der Waals surface area contributed by atoms with Gasteiger partial charge in [-0.25, -0.2) is 0 Å². The first-order chi connectivity index (χ1) is 7.81. The molecule has 1 aromatic carbocycles. The summed E-state index contributed by atoms with van der Waals surface area (Å²) in [5.41, 5.74) is 10.4. The smallest absolute Gasteiger partial charge is 0.0682 e. The average molecular weight is 215 g/mol. The molecule has 3 heteroatoms. The number of benzene rings is 1. The van der Waals surface area contributed by atoms with Gasteiger partial charge in [0, 0.05) is 5.56 Å². The van der Waals surface area contributed by atoms with Crippen LogP contribution >= 0.6 is 0 Å². The van der Waals surface area contributed by atoms with Crippen LogP contribution in [0.3, 0.4) is 0 Å². The van der Waals surface area contributed by atoms with Crippen molar-refractivity contribution in [2.24, 2.45) is 5.73 Å². The van der Waals surface area contributed by atoms with Crippen molar-refractivity contribution in [1.29, 1.82) is 0 Å². The Balaban J connectivity index is 2.29. The number of nitrogens with two attached hydrogens (primary N) is 1. The maximum atomic E-state index is 5.53. The van der Waals surface area contributed by atoms with Crippen molar-refractivity contribution < 1.29 is 0 Å². The lowest BCUT2D eigenvalue weighted by atomic mass is 10.0. The number of hydrogen-bond acceptors (Lipinski definition) is 2. The van der Waals surface area contributed by atoms with E-state index in [1.165, 1.54) is 16.7 Å². The summed E-state index contributed by atoms with van der Waals surface area (Å²) in [6.45, 7) is 2.82. The highest BCUT2D eigenvalue weighted by atomic mass is 15.1. The van der Waals surface area contributed by atoms with Gasteiger partial charge in [-0.2, -0.15) is 5.10 Å². The van der Waals surface area contributed by atoms with Crippen molar-refractivity contribution in [1.82, 2.24) is 10.2 Å². The molecule has 16 heavy (non-hydrogen) atoms. The van der Waals surface area contributed by atoms with Crippen LogP contribution in [0.15, 0.2) is 30.5 Å². The largest absolute Gasteiger partial charge is 0.330 e. The maximum Gasteiger partial charge on any atom is 0.0682 e. The van der Waals surface area contributed by atoms with E-state index in [0.29, 0.717) is 0 Å². The van der Waals surface area contributed by atoms with Crippen LogP contribution in [-0.2, 0) is 6.42 Å². The molecular weight excluding hydrogens is 198 g/mol. The molecule has 84 valence electrons. The Bertz CT molecular complexity index is 460. The highest BCUT2D eigenvalue weighted by Crippen LogP contribution is 2.22. The molecule has 3 nitrogen and oxygen atoms in total. The van der Waals surface area contributed by atoms with E-state index in [1.807, 2.05) is 6.20 Å². The number of hydrogen-bond donors (Lipinski definition) is 2. The van der Waals surface area contributed by atoms with Gasteiger partial charge < -0.3 is 5.73 Å². The quantitative estimate of drug-likeness (QED) is 0.822. The zero-order valence-electron chi connectivity index (χ0n) is 9.53. The van der Waals surface area contributed by atoms with Crippen LogP contribution in [0.25, 0.3) is 11.3 Å². The Morgan fingerprint density at radius 3 is 3.00 bits per heavy atom. The summed E-state index contributed by atoms with van der Waals surface area (Å²) >= 11 is 0. The topological polar surface area (TPSA) is 54.7 Å². The second-order valence-electron chi connectivity index (χ2n) is 4.03. The summed E-state index contributed by atoms with van der Waals surface area (Å²) in [6, 6.07) is 8.43. The van der Waals surface area contributed by atoms with Crippen LogP contribution in [0.4, 0.5) is 0 Å². The van der Waals surface area contributed by atoms with Crippen molar-refractivity contribution >= 4 is 0 Å². The molecule has 0 unspecified atom stereocenters. The summed E-state index contributed by atoms with van der Waals surface area (Å²) < 4.78 is 0. The number of rotatable bonds is 4. The summed E-state index contributed by atoms with van der Waals surface area (Å²) in [6.07, 6.45) is 3.88. The van der Waals surface area contributed by atoms with Crippen molar-refractivity contribution in [2.75, 3.05) is 6.54 Å². The first kappa shape index (κ1) is 10.9. The molecule has 0 atom stereocenters. The van der Waals surface area contributed by atoms with Crippen LogP contribution in [0, 0.1) is 6.92 Å². The lowest BCUT2D eigenvalue weighted by molar-refractivity contribution is 0.834. The van der Waals surface area contributed by atoms with Gasteiger partial charge in [0.15, 0.2) is 0 Å². The van der Waals surface area contributed by atoms with Gasteiger partial charge in [0.25, 0.3) is 0 Å². The molecule has 1 heterocycles. The molecule has 0 radical (unpaired) electrons. The fraction of sp³-hybridized carbons (Fsp3) is 0.308. The van der Waals surface area contributed by atoms with Gasteiger partial charge >= 0.3 is 0 Å². The van der Waals surface area contributed by atoms with Gasteiger partial charge in [0.05, 0.1) is 11.9 Å². The fourth-order valence-corrected chi connectivity index (χ4v) is 1.84. The molecular formula is C13H17N3. The van der Waals surface area contributed by atoms with Crippen LogP contribution in [0.2, 0.25) is 0 Å². The SMILES string of the molecule is Cc1cccc(-c2[nH]ncc2CCCN)c1. The lowest BCUT2D eigenvalue weighted by Crippen LogP contribution is -2.00. The Labute approximate surface area is 95.7 Å². The maximum absolute atomic E-state index is 5.53. The first-order valence-corrected chi connectivity index (χ1v) is 5.60. The molecule has 0 saturated carbocycles. The molecule has 0 amide bonds. The molecule has 0 aliphatic carbocycles. The van der Waals surface area contributed by atoms with Gasteiger partial charge in [-0.3, -0.25) is 5.10 Å². The standard InChI is InChI=1S/C13H17N3/c1-10-4-2-5-11(8-10)13-12(6-3-7-14)9-15-16-13/h2,4-5,8-9H,3,6-7,14H2,1H3,(H,15,16). The minimum atomic E-state index is 0.721. The van der Waals surface area contributed by atoms with E-state index >= 15 is 0 Å². The molecule has 0 bridgehead atoms. The molecule has 2 rings (SSSR count). The minimum Gasteiger partial charge on any atom is -0.330 e. The van der Waals surface area contributed by atoms with E-state index in [9.17, 15) is 0 Å². The molecule has 0 aliphatic rings. The monoisotopic (exact) mass is 215 g/mol. The van der Waals surface area contributed by atoms with Crippen molar-refractivity contribution in [3.63, 3.8) is 0 Å². The molecule has 3 N–H and O–H groups in total. The normalized spacial score (nSPS) is 10.6. The van der Waals surface area contributed by atoms with E-state index < -0.39 is 0 Å². The van der Waals surface area contributed by atoms with Gasteiger partial charge in [-0.15, -0.1) is 0 Å². The lowest BCUT2D eigenvalue weighted by Gasteiger charge is -2.03. The summed E-state index contributed by atoms with van der Waals surface area (Å²) in [4.78, 5) is 0. The highest BCUT2D eigenvalue weighted by Gasteiger charge is 2.06. The van der Waals surface area contributed by atoms with Gasteiger partial charge in [0.2, 0.25) is 0 Å². The van der Waals surface area contributed by atoms with E-state index in [2.05, 4.69) is 41.4 Å². The third-order valence-electron chi connectivity index (χ3n) is 2.67. The minimum absolute atomic E-state index is 0.721. The van der Waals surface area contributed by atoms with Gasteiger partial charge in [-0.1, -0.05) is 23.8 Å². The second kappa shape index (κ2) is 4.94. The Kier molecular flexibility index (Phi) is 3.37. The number of aromatic amines is 1. The molecule has 0 saturated heterocycles. The van der Waals surface area contributed by atoms with E-state index in [-0.39, 0.29) is 0 Å². The Hall–Kier alpha value is -1.61. The highest BCUT2D eigenvalue weighted by molar-refractivity contribution is 5.63. The van der Waals surface area contributed by atoms with E-state index in [1.54, 1.807) is 0 Å². The molecule has 1 aromatic heterocycles. The number of aryl methyl sites for hydroxylation is 2. The fourth-order valence-electron chi connectivity index (χ4n) is 1.84. The average Bonchev–Trinajstić information content (AvgIpc) is 2.74. The van der Waals surface area contributed by atoms with Crippen molar-refractivity contribution in [3.05, 3.63) is 41.6 Å². The van der Waals surface area contributed by atoms with E-state index in [0.717, 1.165) is 25.1 Å². The van der Waals surface area contributed by atoms with Crippen LogP contribution in [-0.4, -0.2) is 16.7 Å². The third kappa shape index (κ3) is 2.31. The number of nitrogens with one attached hydrogen (secondary N) is 1. The predicted molar refractivity (Wildman–Crippen MR) is 66.1 cm³/mol. The first-order valence-electron chi connectivity index (χ1n) is 5.60. The second-order valence-corrected chi connectivity index (χ2v) is 4.03. The zero-order chi connectivity index (χ0) is 11.4. The number of H-pyrrole nitrogens is 1.